The maximum absolute atomic E-state index is 13.8. The molecule has 4 nitrogen and oxygen atoms in total. The zero-order valence-corrected chi connectivity index (χ0v) is 15.9. The second-order valence-electron chi connectivity index (χ2n) is 7.46. The van der Waals surface area contributed by atoms with Crippen LogP contribution in [0.15, 0.2) is 30.3 Å². The molecule has 2 aromatic carbocycles. The predicted molar refractivity (Wildman–Crippen MR) is 99.6 cm³/mol. The van der Waals surface area contributed by atoms with E-state index in [0.717, 1.165) is 50.2 Å². The van der Waals surface area contributed by atoms with Crippen molar-refractivity contribution in [1.29, 1.82) is 0 Å². The van der Waals surface area contributed by atoms with Gasteiger partial charge in [-0.1, -0.05) is 12.1 Å². The molecule has 154 valence electrons. The van der Waals surface area contributed by atoms with Crippen molar-refractivity contribution in [3.63, 3.8) is 0 Å². The van der Waals surface area contributed by atoms with Crippen molar-refractivity contribution in [3.8, 4) is 16.9 Å². The summed E-state index contributed by atoms with van der Waals surface area (Å²) in [5.74, 6) is -0.288. The van der Waals surface area contributed by atoms with E-state index in [1.807, 2.05) is 6.07 Å². The molecule has 2 aromatic rings. The number of carbonyl (C=O) groups is 1. The molecule has 0 radical (unpaired) electrons. The zero-order chi connectivity index (χ0) is 20.8. The number of aliphatic hydroxyl groups excluding tert-OH is 1. The SMILES string of the molecule is COC(=O)C(O)c1c(C(F)(F)F)ccc(C2CC2)c1-c1ccc2c(c1)CCCO2. The first kappa shape index (κ1) is 19.8. The van der Waals surface area contributed by atoms with Crippen molar-refractivity contribution in [2.45, 2.75) is 43.9 Å². The number of benzene rings is 2. The Kier molecular flexibility index (Phi) is 5.02. The third kappa shape index (κ3) is 3.71. The number of methoxy groups -OCH3 is 1. The molecule has 29 heavy (non-hydrogen) atoms. The van der Waals surface area contributed by atoms with Crippen LogP contribution in [0.25, 0.3) is 11.1 Å². The molecule has 4 rings (SSSR count). The topological polar surface area (TPSA) is 55.8 Å². The van der Waals surface area contributed by atoms with Crippen LogP contribution >= 0.6 is 0 Å². The lowest BCUT2D eigenvalue weighted by Crippen LogP contribution is -2.21. The van der Waals surface area contributed by atoms with Gasteiger partial charge in [0.1, 0.15) is 5.75 Å². The fraction of sp³-hybridized carbons (Fsp3) is 0.409. The molecule has 1 aliphatic heterocycles. The van der Waals surface area contributed by atoms with Gasteiger partial charge in [-0.3, -0.25) is 0 Å². The molecular formula is C22H21F3O4. The van der Waals surface area contributed by atoms with Gasteiger partial charge in [-0.05, 0) is 72.1 Å². The van der Waals surface area contributed by atoms with Crippen LogP contribution in [0.3, 0.4) is 0 Å². The number of alkyl halides is 3. The smallest absolute Gasteiger partial charge is 0.416 e. The van der Waals surface area contributed by atoms with E-state index in [9.17, 15) is 23.1 Å². The van der Waals surface area contributed by atoms with Gasteiger partial charge in [0.05, 0.1) is 19.3 Å². The Hall–Kier alpha value is -2.54. The Balaban J connectivity index is 1.98. The number of aryl methyl sites for hydroxylation is 1. The average Bonchev–Trinajstić information content (AvgIpc) is 3.55. The molecule has 1 N–H and O–H groups in total. The van der Waals surface area contributed by atoms with Gasteiger partial charge < -0.3 is 14.6 Å². The van der Waals surface area contributed by atoms with Gasteiger partial charge in [0.2, 0.25) is 0 Å². The van der Waals surface area contributed by atoms with Crippen LogP contribution in [0.2, 0.25) is 0 Å². The van der Waals surface area contributed by atoms with Gasteiger partial charge in [-0.15, -0.1) is 0 Å². The van der Waals surface area contributed by atoms with Gasteiger partial charge in [-0.2, -0.15) is 13.2 Å². The summed E-state index contributed by atoms with van der Waals surface area (Å²) in [6.07, 6.45) is -3.45. The molecule has 0 spiro atoms. The summed E-state index contributed by atoms with van der Waals surface area (Å²) < 4.78 is 51.6. The summed E-state index contributed by atoms with van der Waals surface area (Å²) >= 11 is 0. The van der Waals surface area contributed by atoms with E-state index in [1.54, 1.807) is 12.1 Å². The number of hydrogen-bond acceptors (Lipinski definition) is 4. The number of hydrogen-bond donors (Lipinski definition) is 1. The summed E-state index contributed by atoms with van der Waals surface area (Å²) in [7, 11) is 1.04. The number of carbonyl (C=O) groups excluding carboxylic acids is 1. The van der Waals surface area contributed by atoms with Crippen LogP contribution < -0.4 is 4.74 Å². The second-order valence-corrected chi connectivity index (χ2v) is 7.46. The zero-order valence-electron chi connectivity index (χ0n) is 15.9. The molecule has 2 aliphatic rings. The molecule has 0 aromatic heterocycles. The van der Waals surface area contributed by atoms with Crippen molar-refractivity contribution in [2.24, 2.45) is 0 Å². The molecule has 1 aliphatic carbocycles. The lowest BCUT2D eigenvalue weighted by molar-refractivity contribution is -0.152. The largest absolute Gasteiger partial charge is 0.493 e. The van der Waals surface area contributed by atoms with Gasteiger partial charge in [0, 0.05) is 5.56 Å². The van der Waals surface area contributed by atoms with Crippen LogP contribution in [0.5, 0.6) is 5.75 Å². The van der Waals surface area contributed by atoms with Crippen molar-refractivity contribution in [2.75, 3.05) is 13.7 Å². The summed E-state index contributed by atoms with van der Waals surface area (Å²) in [5, 5.41) is 10.5. The van der Waals surface area contributed by atoms with E-state index in [2.05, 4.69) is 4.74 Å². The highest BCUT2D eigenvalue weighted by atomic mass is 19.4. The van der Waals surface area contributed by atoms with Crippen LogP contribution in [-0.4, -0.2) is 24.8 Å². The molecular weight excluding hydrogens is 385 g/mol. The van der Waals surface area contributed by atoms with Crippen molar-refractivity contribution < 1.29 is 32.5 Å². The average molecular weight is 406 g/mol. The predicted octanol–water partition coefficient (Wildman–Crippen LogP) is 4.78. The number of fused-ring (bicyclic) bond motifs is 1. The molecule has 1 saturated carbocycles. The summed E-state index contributed by atoms with van der Waals surface area (Å²) in [4.78, 5) is 12.0. The van der Waals surface area contributed by atoms with Crippen molar-refractivity contribution in [3.05, 3.63) is 52.6 Å². The molecule has 1 atom stereocenters. The number of ether oxygens (including phenoxy) is 2. The molecule has 1 unspecified atom stereocenters. The Morgan fingerprint density at radius 2 is 2.00 bits per heavy atom. The fourth-order valence-corrected chi connectivity index (χ4v) is 3.97. The van der Waals surface area contributed by atoms with Gasteiger partial charge in [0.25, 0.3) is 0 Å². The Morgan fingerprint density at radius 3 is 2.66 bits per heavy atom. The minimum atomic E-state index is -4.72. The van der Waals surface area contributed by atoms with Crippen LogP contribution in [0.4, 0.5) is 13.2 Å². The molecule has 0 saturated heterocycles. The number of esters is 1. The monoisotopic (exact) mass is 406 g/mol. The third-order valence-corrected chi connectivity index (χ3v) is 5.50. The lowest BCUT2D eigenvalue weighted by Gasteiger charge is -2.24. The number of halogens is 3. The molecule has 0 bridgehead atoms. The van der Waals surface area contributed by atoms with Crippen LogP contribution in [-0.2, 0) is 22.1 Å². The van der Waals surface area contributed by atoms with Gasteiger partial charge in [0.15, 0.2) is 6.10 Å². The summed E-state index contributed by atoms with van der Waals surface area (Å²) in [6, 6.07) is 7.68. The highest BCUT2D eigenvalue weighted by Gasteiger charge is 2.41. The first-order chi connectivity index (χ1) is 13.8. The van der Waals surface area contributed by atoms with E-state index < -0.39 is 29.4 Å². The molecule has 1 fully saturated rings. The van der Waals surface area contributed by atoms with Crippen LogP contribution in [0, 0.1) is 0 Å². The first-order valence-corrected chi connectivity index (χ1v) is 9.57. The van der Waals surface area contributed by atoms with E-state index in [0.29, 0.717) is 17.7 Å². The highest BCUT2D eigenvalue weighted by Crippen LogP contribution is 2.50. The molecule has 7 heteroatoms. The molecule has 0 amide bonds. The minimum absolute atomic E-state index is 0.114. The summed E-state index contributed by atoms with van der Waals surface area (Å²) in [6.45, 7) is 0.607. The Bertz CT molecular complexity index is 948. The lowest BCUT2D eigenvalue weighted by atomic mass is 9.85. The van der Waals surface area contributed by atoms with Crippen molar-refractivity contribution in [1.82, 2.24) is 0 Å². The van der Waals surface area contributed by atoms with E-state index >= 15 is 0 Å². The maximum Gasteiger partial charge on any atom is 0.416 e. The quantitative estimate of drug-likeness (QED) is 0.743. The molecule has 1 heterocycles. The second kappa shape index (κ2) is 7.37. The van der Waals surface area contributed by atoms with Crippen molar-refractivity contribution >= 4 is 5.97 Å². The first-order valence-electron chi connectivity index (χ1n) is 9.57. The normalized spacial score (nSPS) is 17.3. The van der Waals surface area contributed by atoms with Crippen LogP contribution in [0.1, 0.15) is 53.5 Å². The highest BCUT2D eigenvalue weighted by molar-refractivity contribution is 5.84. The number of aliphatic hydroxyl groups is 1. The minimum Gasteiger partial charge on any atom is -0.493 e. The fourth-order valence-electron chi connectivity index (χ4n) is 3.97. The van der Waals surface area contributed by atoms with E-state index in [-0.39, 0.29) is 11.5 Å². The summed E-state index contributed by atoms with van der Waals surface area (Å²) in [5.41, 5.74) is 0.974. The Morgan fingerprint density at radius 1 is 1.24 bits per heavy atom. The standard InChI is InChI=1S/C22H21F3O4/c1-28-21(27)20(26)19-16(22(23,24)25)8-7-15(12-4-5-12)18(19)14-6-9-17-13(11-14)3-2-10-29-17/h6-9,11-12,20,26H,2-5,10H2,1H3. The maximum atomic E-state index is 13.8. The number of rotatable bonds is 4. The van der Waals surface area contributed by atoms with Gasteiger partial charge >= 0.3 is 12.1 Å². The Labute approximate surface area is 166 Å². The van der Waals surface area contributed by atoms with E-state index in [1.165, 1.54) is 6.07 Å². The van der Waals surface area contributed by atoms with Gasteiger partial charge in [-0.25, -0.2) is 4.79 Å². The van der Waals surface area contributed by atoms with E-state index in [4.69, 9.17) is 4.74 Å². The third-order valence-electron chi connectivity index (χ3n) is 5.50.